The van der Waals surface area contributed by atoms with Gasteiger partial charge in [-0.1, -0.05) is 33.8 Å². The van der Waals surface area contributed by atoms with Crippen molar-refractivity contribution < 1.29 is 9.59 Å². The number of rotatable bonds is 3. The van der Waals surface area contributed by atoms with Gasteiger partial charge < -0.3 is 4.90 Å². The molecule has 0 bridgehead atoms. The summed E-state index contributed by atoms with van der Waals surface area (Å²) in [5.41, 5.74) is 3.25. The summed E-state index contributed by atoms with van der Waals surface area (Å²) in [6.45, 7) is 6.34. The molecule has 2 rings (SSSR count). The van der Waals surface area contributed by atoms with Crippen molar-refractivity contribution in [3.8, 4) is 0 Å². The zero-order valence-electron chi connectivity index (χ0n) is 11.9. The lowest BCUT2D eigenvalue weighted by Gasteiger charge is -2.20. The van der Waals surface area contributed by atoms with Crippen LogP contribution in [0.4, 0.5) is 5.69 Å². The second-order valence-electron chi connectivity index (χ2n) is 5.26. The number of anilines is 1. The zero-order chi connectivity index (χ0) is 14.9. The van der Waals surface area contributed by atoms with Crippen molar-refractivity contribution in [3.63, 3.8) is 0 Å². The number of carbonyl (C=O) groups excluding carboxylic acids is 2. The molecule has 1 fully saturated rings. The van der Waals surface area contributed by atoms with E-state index < -0.39 is 0 Å². The van der Waals surface area contributed by atoms with Gasteiger partial charge in [0.2, 0.25) is 5.91 Å². The number of carbonyl (C=O) groups is 2. The van der Waals surface area contributed by atoms with Crippen molar-refractivity contribution >= 4 is 44.4 Å². The molecule has 3 nitrogen and oxygen atoms in total. The molecule has 108 valence electrons. The normalized spacial score (nSPS) is 18.7. The van der Waals surface area contributed by atoms with Crippen LogP contribution < -0.4 is 4.90 Å². The van der Waals surface area contributed by atoms with Gasteiger partial charge in [0.15, 0.2) is 5.12 Å². The zero-order valence-corrected chi connectivity index (χ0v) is 14.3. The van der Waals surface area contributed by atoms with Gasteiger partial charge in [-0.15, -0.1) is 0 Å². The number of hydrogen-bond donors (Lipinski definition) is 0. The van der Waals surface area contributed by atoms with Crippen LogP contribution in [0.25, 0.3) is 0 Å². The Morgan fingerprint density at radius 2 is 2.10 bits per heavy atom. The van der Waals surface area contributed by atoms with E-state index in [1.54, 1.807) is 6.92 Å². The van der Waals surface area contributed by atoms with E-state index in [4.69, 9.17) is 0 Å². The minimum absolute atomic E-state index is 0.116. The Bertz CT molecular complexity index is 559. The second-order valence-corrected chi connectivity index (χ2v) is 7.32. The summed E-state index contributed by atoms with van der Waals surface area (Å²) < 4.78 is 1.02. The molecular weight excluding hydrogens is 338 g/mol. The quantitative estimate of drug-likeness (QED) is 0.829. The summed E-state index contributed by atoms with van der Waals surface area (Å²) in [6, 6.07) is 4.10. The Hall–Kier alpha value is -0.810. The van der Waals surface area contributed by atoms with Gasteiger partial charge >= 0.3 is 0 Å². The highest BCUT2D eigenvalue weighted by Crippen LogP contribution is 2.33. The maximum Gasteiger partial charge on any atom is 0.227 e. The van der Waals surface area contributed by atoms with Crippen molar-refractivity contribution in [3.05, 3.63) is 27.7 Å². The minimum atomic E-state index is 0.116. The van der Waals surface area contributed by atoms with Gasteiger partial charge in [0.25, 0.3) is 0 Å². The predicted molar refractivity (Wildman–Crippen MR) is 87.2 cm³/mol. The first kappa shape index (κ1) is 15.6. The summed E-state index contributed by atoms with van der Waals surface area (Å²) in [5, 5.41) is 0.116. The number of amides is 1. The van der Waals surface area contributed by atoms with Gasteiger partial charge in [-0.2, -0.15) is 0 Å². The lowest BCUT2D eigenvalue weighted by atomic mass is 10.1. The van der Waals surface area contributed by atoms with Crippen molar-refractivity contribution in [1.82, 2.24) is 0 Å². The van der Waals surface area contributed by atoms with Crippen LogP contribution >= 0.6 is 27.7 Å². The van der Waals surface area contributed by atoms with Crippen LogP contribution in [0.2, 0.25) is 0 Å². The monoisotopic (exact) mass is 355 g/mol. The molecule has 0 spiro atoms. The average molecular weight is 356 g/mol. The summed E-state index contributed by atoms with van der Waals surface area (Å²) in [4.78, 5) is 25.1. The summed E-state index contributed by atoms with van der Waals surface area (Å²) in [7, 11) is 0. The van der Waals surface area contributed by atoms with Crippen LogP contribution in [0.5, 0.6) is 0 Å². The van der Waals surface area contributed by atoms with E-state index in [9.17, 15) is 9.59 Å². The van der Waals surface area contributed by atoms with Gasteiger partial charge in [-0.25, -0.2) is 0 Å². The van der Waals surface area contributed by atoms with Crippen LogP contribution in [0.3, 0.4) is 0 Å². The standard InChI is InChI=1S/C15H18BrNO2S/c1-9-4-10(2)14(6-13(9)16)17-7-12(5-15(17)19)8-20-11(3)18/h4,6,12H,5,7-8H2,1-3H3. The molecule has 1 aliphatic heterocycles. The summed E-state index contributed by atoms with van der Waals surface area (Å²) >= 11 is 4.84. The van der Waals surface area contributed by atoms with E-state index in [1.807, 2.05) is 24.8 Å². The van der Waals surface area contributed by atoms with E-state index in [0.717, 1.165) is 21.5 Å². The third-order valence-corrected chi connectivity index (χ3v) is 5.39. The topological polar surface area (TPSA) is 37.4 Å². The first-order valence-corrected chi connectivity index (χ1v) is 8.37. The molecule has 1 atom stereocenters. The van der Waals surface area contributed by atoms with E-state index in [-0.39, 0.29) is 16.9 Å². The molecule has 0 saturated carbocycles. The van der Waals surface area contributed by atoms with Crippen molar-refractivity contribution in [2.45, 2.75) is 27.2 Å². The van der Waals surface area contributed by atoms with Crippen LogP contribution in [-0.4, -0.2) is 23.3 Å². The molecule has 1 saturated heterocycles. The molecule has 20 heavy (non-hydrogen) atoms. The number of thioether (sulfide) groups is 1. The smallest absolute Gasteiger partial charge is 0.227 e. The second kappa shape index (κ2) is 6.31. The lowest BCUT2D eigenvalue weighted by molar-refractivity contribution is -0.117. The summed E-state index contributed by atoms with van der Waals surface area (Å²) in [6.07, 6.45) is 0.533. The van der Waals surface area contributed by atoms with Crippen LogP contribution in [0.15, 0.2) is 16.6 Å². The van der Waals surface area contributed by atoms with Gasteiger partial charge in [0.1, 0.15) is 0 Å². The Kier molecular flexibility index (Phi) is 4.91. The first-order chi connectivity index (χ1) is 9.38. The largest absolute Gasteiger partial charge is 0.312 e. The number of nitrogens with zero attached hydrogens (tertiary/aromatic N) is 1. The molecule has 1 aromatic carbocycles. The van der Waals surface area contributed by atoms with Crippen molar-refractivity contribution in [2.24, 2.45) is 5.92 Å². The number of halogens is 1. The molecule has 1 aromatic rings. The summed E-state index contributed by atoms with van der Waals surface area (Å²) in [5.74, 6) is 1.14. The fourth-order valence-corrected chi connectivity index (χ4v) is 3.49. The van der Waals surface area contributed by atoms with Crippen LogP contribution in [0, 0.1) is 19.8 Å². The fourth-order valence-electron chi connectivity index (χ4n) is 2.47. The fraction of sp³-hybridized carbons (Fsp3) is 0.467. The van der Waals surface area contributed by atoms with E-state index in [0.29, 0.717) is 13.0 Å². The van der Waals surface area contributed by atoms with E-state index >= 15 is 0 Å². The number of benzene rings is 1. The predicted octanol–water partition coefficient (Wildman–Crippen LogP) is 3.70. The third kappa shape index (κ3) is 3.44. The van der Waals surface area contributed by atoms with Gasteiger partial charge in [0, 0.05) is 35.8 Å². The lowest BCUT2D eigenvalue weighted by Crippen LogP contribution is -2.25. The molecule has 0 radical (unpaired) electrons. The Morgan fingerprint density at radius 3 is 2.75 bits per heavy atom. The highest BCUT2D eigenvalue weighted by molar-refractivity contribution is 9.10. The molecule has 0 aliphatic carbocycles. The van der Waals surface area contributed by atoms with Crippen molar-refractivity contribution in [2.75, 3.05) is 17.2 Å². The molecular formula is C15H18BrNO2S. The molecule has 0 aromatic heterocycles. The third-order valence-electron chi connectivity index (χ3n) is 3.50. The molecule has 0 N–H and O–H groups in total. The van der Waals surface area contributed by atoms with Gasteiger partial charge in [-0.05, 0) is 37.0 Å². The maximum absolute atomic E-state index is 12.2. The molecule has 5 heteroatoms. The van der Waals surface area contributed by atoms with Crippen LogP contribution in [-0.2, 0) is 9.59 Å². The number of hydrogen-bond acceptors (Lipinski definition) is 3. The highest BCUT2D eigenvalue weighted by Gasteiger charge is 2.31. The van der Waals surface area contributed by atoms with Gasteiger partial charge in [-0.3, -0.25) is 9.59 Å². The molecule has 1 aliphatic rings. The SMILES string of the molecule is CC(=O)SCC1CC(=O)N(c2cc(Br)c(C)cc2C)C1. The Balaban J connectivity index is 2.16. The van der Waals surface area contributed by atoms with E-state index in [2.05, 4.69) is 22.0 Å². The molecule has 1 heterocycles. The number of aryl methyl sites for hydroxylation is 2. The van der Waals surface area contributed by atoms with Gasteiger partial charge in [0.05, 0.1) is 0 Å². The molecule has 1 amide bonds. The Morgan fingerprint density at radius 1 is 1.40 bits per heavy atom. The molecule has 1 unspecified atom stereocenters. The minimum Gasteiger partial charge on any atom is -0.312 e. The maximum atomic E-state index is 12.2. The van der Waals surface area contributed by atoms with Crippen LogP contribution in [0.1, 0.15) is 24.5 Å². The Labute approximate surface area is 132 Å². The van der Waals surface area contributed by atoms with E-state index in [1.165, 1.54) is 17.3 Å². The van der Waals surface area contributed by atoms with Crippen molar-refractivity contribution in [1.29, 1.82) is 0 Å². The highest BCUT2D eigenvalue weighted by atomic mass is 79.9. The average Bonchev–Trinajstić information content (AvgIpc) is 2.72. The first-order valence-electron chi connectivity index (χ1n) is 6.59.